The Labute approximate surface area is 177 Å². The predicted octanol–water partition coefficient (Wildman–Crippen LogP) is 7.56. The first-order valence-corrected chi connectivity index (χ1v) is 11.5. The summed E-state index contributed by atoms with van der Waals surface area (Å²) in [5.74, 6) is 1.69. The van der Waals surface area contributed by atoms with E-state index in [-0.39, 0.29) is 0 Å². The zero-order valence-corrected chi connectivity index (χ0v) is 18.2. The van der Waals surface area contributed by atoms with Crippen LogP contribution in [0.25, 0.3) is 0 Å². The van der Waals surface area contributed by atoms with Crippen LogP contribution in [-0.2, 0) is 6.42 Å². The molecule has 1 aliphatic rings. The summed E-state index contributed by atoms with van der Waals surface area (Å²) in [6, 6.07) is 17.6. The van der Waals surface area contributed by atoms with Crippen LogP contribution in [0.4, 0.5) is 0 Å². The van der Waals surface area contributed by atoms with E-state index in [0.717, 1.165) is 23.0 Å². The molecule has 0 unspecified atom stereocenters. The Morgan fingerprint density at radius 2 is 1.34 bits per heavy atom. The summed E-state index contributed by atoms with van der Waals surface area (Å²) in [7, 11) is 0. The number of rotatable bonds is 9. The minimum absolute atomic E-state index is 0.742. The van der Waals surface area contributed by atoms with Crippen molar-refractivity contribution in [3.63, 3.8) is 0 Å². The van der Waals surface area contributed by atoms with E-state index < -0.39 is 0 Å². The molecule has 0 atom stereocenters. The van der Waals surface area contributed by atoms with E-state index in [9.17, 15) is 0 Å². The van der Waals surface area contributed by atoms with Crippen LogP contribution in [0, 0.1) is 5.92 Å². The summed E-state index contributed by atoms with van der Waals surface area (Å²) in [6.07, 6.45) is 15.5. The van der Waals surface area contributed by atoms with Gasteiger partial charge in [0.15, 0.2) is 0 Å². The molecule has 0 N–H and O–H groups in total. The van der Waals surface area contributed by atoms with E-state index >= 15 is 0 Å². The molecule has 0 aliphatic heterocycles. The molecular weight excluding hydrogens is 352 g/mol. The lowest BCUT2D eigenvalue weighted by Gasteiger charge is -2.28. The maximum Gasteiger partial charge on any atom is 0.0568 e. The molecule has 29 heavy (non-hydrogen) atoms. The Kier molecular flexibility index (Phi) is 8.67. The van der Waals surface area contributed by atoms with Gasteiger partial charge in [-0.1, -0.05) is 81.6 Å². The molecule has 0 bridgehead atoms. The van der Waals surface area contributed by atoms with Crippen molar-refractivity contribution >= 4 is 12.4 Å². The van der Waals surface area contributed by atoms with Gasteiger partial charge in [-0.3, -0.25) is 0 Å². The van der Waals surface area contributed by atoms with E-state index in [0.29, 0.717) is 0 Å². The number of aryl methyl sites for hydroxylation is 1. The molecule has 1 saturated carbocycles. The van der Waals surface area contributed by atoms with E-state index in [1.165, 1.54) is 68.9 Å². The number of hydrogen-bond donors (Lipinski definition) is 0. The first-order chi connectivity index (χ1) is 14.3. The second-order valence-corrected chi connectivity index (χ2v) is 8.48. The monoisotopic (exact) mass is 388 g/mol. The number of hydrogen-bond acceptors (Lipinski definition) is 2. The second kappa shape index (κ2) is 11.7. The molecule has 154 valence electrons. The van der Waals surface area contributed by atoms with Gasteiger partial charge in [0.25, 0.3) is 0 Å². The van der Waals surface area contributed by atoms with Crippen LogP contribution >= 0.6 is 0 Å². The Bertz CT molecular complexity index is 763. The molecule has 0 spiro atoms. The zero-order valence-electron chi connectivity index (χ0n) is 18.2. The van der Waals surface area contributed by atoms with Crippen LogP contribution in [0.15, 0.2) is 58.7 Å². The van der Waals surface area contributed by atoms with Crippen molar-refractivity contribution in [2.24, 2.45) is 16.1 Å². The highest BCUT2D eigenvalue weighted by atomic mass is 15.2. The van der Waals surface area contributed by atoms with Crippen molar-refractivity contribution < 1.29 is 0 Å². The van der Waals surface area contributed by atoms with Crippen LogP contribution < -0.4 is 0 Å². The van der Waals surface area contributed by atoms with Crippen molar-refractivity contribution in [2.45, 2.75) is 77.6 Å². The Morgan fingerprint density at radius 3 is 1.90 bits per heavy atom. The fourth-order valence-electron chi connectivity index (χ4n) is 4.31. The summed E-state index contributed by atoms with van der Waals surface area (Å²) in [5, 5.41) is 8.44. The maximum absolute atomic E-state index is 4.23. The minimum Gasteiger partial charge on any atom is -0.159 e. The van der Waals surface area contributed by atoms with Crippen molar-refractivity contribution in [3.05, 3.63) is 70.8 Å². The lowest BCUT2D eigenvalue weighted by molar-refractivity contribution is 0.319. The first-order valence-electron chi connectivity index (χ1n) is 11.5. The van der Waals surface area contributed by atoms with Gasteiger partial charge >= 0.3 is 0 Å². The molecule has 0 aromatic heterocycles. The summed E-state index contributed by atoms with van der Waals surface area (Å²) >= 11 is 0. The topological polar surface area (TPSA) is 24.7 Å². The van der Waals surface area contributed by atoms with Crippen molar-refractivity contribution in [2.75, 3.05) is 0 Å². The van der Waals surface area contributed by atoms with Gasteiger partial charge in [-0.05, 0) is 72.6 Å². The van der Waals surface area contributed by atoms with Gasteiger partial charge in [-0.2, -0.15) is 10.2 Å². The van der Waals surface area contributed by atoms with Crippen LogP contribution in [0.2, 0.25) is 0 Å². The lowest BCUT2D eigenvalue weighted by Crippen LogP contribution is -2.12. The van der Waals surface area contributed by atoms with Crippen LogP contribution in [0.1, 0.15) is 93.4 Å². The van der Waals surface area contributed by atoms with Gasteiger partial charge in [0.2, 0.25) is 0 Å². The fourth-order valence-corrected chi connectivity index (χ4v) is 4.31. The quantitative estimate of drug-likeness (QED) is 0.240. The highest BCUT2D eigenvalue weighted by Gasteiger charge is 2.20. The predicted molar refractivity (Wildman–Crippen MR) is 126 cm³/mol. The SMILES string of the molecule is CCCCCc1ccc(/C=N/N=C/c2ccc(C3CCC(CC)CC3)cc2)cc1. The smallest absolute Gasteiger partial charge is 0.0568 e. The molecule has 1 aliphatic carbocycles. The van der Waals surface area contributed by atoms with Gasteiger partial charge in [-0.25, -0.2) is 0 Å². The third kappa shape index (κ3) is 6.96. The molecule has 1 fully saturated rings. The van der Waals surface area contributed by atoms with E-state index in [1.807, 2.05) is 12.4 Å². The Balaban J connectivity index is 1.47. The number of unbranched alkanes of at least 4 members (excludes halogenated alkanes) is 2. The average Bonchev–Trinajstić information content (AvgIpc) is 2.78. The van der Waals surface area contributed by atoms with Gasteiger partial charge in [0.1, 0.15) is 0 Å². The van der Waals surface area contributed by atoms with E-state index in [2.05, 4.69) is 72.6 Å². The summed E-state index contributed by atoms with van der Waals surface area (Å²) in [5.41, 5.74) is 5.10. The minimum atomic E-state index is 0.742. The van der Waals surface area contributed by atoms with E-state index in [1.54, 1.807) is 0 Å². The third-order valence-electron chi connectivity index (χ3n) is 6.36. The molecular formula is C27H36N2. The average molecular weight is 389 g/mol. The number of nitrogens with zero attached hydrogens (tertiary/aromatic N) is 2. The van der Waals surface area contributed by atoms with Crippen molar-refractivity contribution in [1.29, 1.82) is 0 Å². The highest BCUT2D eigenvalue weighted by molar-refractivity contribution is 5.82. The Morgan fingerprint density at radius 1 is 0.759 bits per heavy atom. The van der Waals surface area contributed by atoms with Crippen molar-refractivity contribution in [1.82, 2.24) is 0 Å². The molecule has 0 heterocycles. The van der Waals surface area contributed by atoms with E-state index in [4.69, 9.17) is 0 Å². The Hall–Kier alpha value is -2.22. The van der Waals surface area contributed by atoms with Gasteiger partial charge in [-0.15, -0.1) is 0 Å². The molecule has 2 heteroatoms. The first kappa shape index (κ1) is 21.5. The van der Waals surface area contributed by atoms with Crippen molar-refractivity contribution in [3.8, 4) is 0 Å². The third-order valence-corrected chi connectivity index (χ3v) is 6.36. The van der Waals surface area contributed by atoms with Crippen LogP contribution in [0.3, 0.4) is 0 Å². The van der Waals surface area contributed by atoms with Crippen LogP contribution in [0.5, 0.6) is 0 Å². The summed E-state index contributed by atoms with van der Waals surface area (Å²) in [4.78, 5) is 0. The number of benzene rings is 2. The second-order valence-electron chi connectivity index (χ2n) is 8.48. The molecule has 0 amide bonds. The highest BCUT2D eigenvalue weighted by Crippen LogP contribution is 2.36. The van der Waals surface area contributed by atoms with Crippen LogP contribution in [-0.4, -0.2) is 12.4 Å². The molecule has 2 aromatic rings. The lowest BCUT2D eigenvalue weighted by atomic mass is 9.78. The molecule has 2 aromatic carbocycles. The summed E-state index contributed by atoms with van der Waals surface area (Å²) in [6.45, 7) is 4.57. The summed E-state index contributed by atoms with van der Waals surface area (Å²) < 4.78 is 0. The molecule has 2 nitrogen and oxygen atoms in total. The standard InChI is InChI=1S/C27H36N2/c1-3-5-6-7-23-8-10-24(11-9-23)20-28-29-21-25-14-18-27(19-15-25)26-16-12-22(4-2)13-17-26/h8-11,14-15,18-22,26H,3-7,12-13,16-17H2,1-2H3/b28-20+,29-21+. The fraction of sp³-hybridized carbons (Fsp3) is 0.481. The maximum atomic E-state index is 4.23. The normalized spacial score (nSPS) is 19.9. The van der Waals surface area contributed by atoms with Gasteiger partial charge in [0.05, 0.1) is 12.4 Å². The molecule has 0 saturated heterocycles. The zero-order chi connectivity index (χ0) is 20.3. The molecule has 0 radical (unpaired) electrons. The van der Waals surface area contributed by atoms with Gasteiger partial charge in [0, 0.05) is 0 Å². The molecule has 3 rings (SSSR count). The van der Waals surface area contributed by atoms with Gasteiger partial charge < -0.3 is 0 Å². The largest absolute Gasteiger partial charge is 0.159 e.